The molecule has 4 nitrogen and oxygen atoms in total. The molecule has 2 aliphatic heterocycles. The molecule has 2 heterocycles. The maximum atomic E-state index is 12.2. The highest BCUT2D eigenvalue weighted by Gasteiger charge is 2.32. The standard InChI is InChI=1S/C11H21N3O/c1-2-13-7-3-4-10(13)11(15)14-8-5-12-6-9-14/h10,12H,2-9H2,1H3. The highest BCUT2D eigenvalue weighted by atomic mass is 16.2. The van der Waals surface area contributed by atoms with Gasteiger partial charge in [0.15, 0.2) is 0 Å². The number of hydrogen-bond acceptors (Lipinski definition) is 3. The van der Waals surface area contributed by atoms with Crippen LogP contribution in [0.25, 0.3) is 0 Å². The van der Waals surface area contributed by atoms with Gasteiger partial charge in [-0.1, -0.05) is 6.92 Å². The second kappa shape index (κ2) is 4.94. The molecule has 0 radical (unpaired) electrons. The first-order valence-electron chi connectivity index (χ1n) is 6.06. The van der Waals surface area contributed by atoms with Gasteiger partial charge in [0.05, 0.1) is 6.04 Å². The van der Waals surface area contributed by atoms with Crippen LogP contribution >= 0.6 is 0 Å². The van der Waals surface area contributed by atoms with Crippen LogP contribution in [0.3, 0.4) is 0 Å². The number of likely N-dealkylation sites (N-methyl/N-ethyl adjacent to an activating group) is 1. The van der Waals surface area contributed by atoms with Crippen LogP contribution in [-0.2, 0) is 4.79 Å². The maximum Gasteiger partial charge on any atom is 0.240 e. The molecular formula is C11H21N3O. The summed E-state index contributed by atoms with van der Waals surface area (Å²) in [7, 11) is 0. The zero-order chi connectivity index (χ0) is 10.7. The lowest BCUT2D eigenvalue weighted by Gasteiger charge is -2.32. The maximum absolute atomic E-state index is 12.2. The Hall–Kier alpha value is -0.610. The van der Waals surface area contributed by atoms with Gasteiger partial charge >= 0.3 is 0 Å². The number of likely N-dealkylation sites (tertiary alicyclic amines) is 1. The Labute approximate surface area is 91.6 Å². The van der Waals surface area contributed by atoms with Gasteiger partial charge in [-0.3, -0.25) is 9.69 Å². The SMILES string of the molecule is CCN1CCCC1C(=O)N1CCNCC1. The first-order chi connectivity index (χ1) is 7.33. The van der Waals surface area contributed by atoms with Gasteiger partial charge in [0.25, 0.3) is 0 Å². The summed E-state index contributed by atoms with van der Waals surface area (Å²) in [6.45, 7) is 7.90. The summed E-state index contributed by atoms with van der Waals surface area (Å²) < 4.78 is 0. The van der Waals surface area contributed by atoms with Crippen LogP contribution in [0.2, 0.25) is 0 Å². The number of carbonyl (C=O) groups is 1. The topological polar surface area (TPSA) is 35.6 Å². The molecule has 1 atom stereocenters. The molecule has 0 bridgehead atoms. The third-order valence-corrected chi connectivity index (χ3v) is 3.48. The van der Waals surface area contributed by atoms with Crippen molar-refractivity contribution in [2.24, 2.45) is 0 Å². The second-order valence-corrected chi connectivity index (χ2v) is 4.36. The van der Waals surface area contributed by atoms with E-state index in [1.807, 2.05) is 4.90 Å². The molecule has 86 valence electrons. The Morgan fingerprint density at radius 1 is 1.33 bits per heavy atom. The summed E-state index contributed by atoms with van der Waals surface area (Å²) >= 11 is 0. The first kappa shape index (κ1) is 10.9. The van der Waals surface area contributed by atoms with Gasteiger partial charge in [-0.2, -0.15) is 0 Å². The molecule has 4 heteroatoms. The molecule has 0 spiro atoms. The predicted octanol–water partition coefficient (Wildman–Crippen LogP) is -0.0975. The van der Waals surface area contributed by atoms with Crippen molar-refractivity contribution in [2.45, 2.75) is 25.8 Å². The Kier molecular flexibility index (Phi) is 3.59. The van der Waals surface area contributed by atoms with Crippen molar-refractivity contribution < 1.29 is 4.79 Å². The summed E-state index contributed by atoms with van der Waals surface area (Å²) in [4.78, 5) is 16.6. The number of rotatable bonds is 2. The Bertz CT molecular complexity index is 226. The van der Waals surface area contributed by atoms with Gasteiger partial charge in [0, 0.05) is 26.2 Å². The lowest BCUT2D eigenvalue weighted by molar-refractivity contribution is -0.136. The van der Waals surface area contributed by atoms with E-state index in [0.717, 1.165) is 45.7 Å². The first-order valence-corrected chi connectivity index (χ1v) is 6.06. The molecule has 0 aliphatic carbocycles. The van der Waals surface area contributed by atoms with Crippen molar-refractivity contribution in [1.29, 1.82) is 0 Å². The molecule has 2 fully saturated rings. The van der Waals surface area contributed by atoms with E-state index in [9.17, 15) is 4.79 Å². The smallest absolute Gasteiger partial charge is 0.240 e. The fourth-order valence-corrected chi connectivity index (χ4v) is 2.58. The van der Waals surface area contributed by atoms with Crippen LogP contribution in [0.5, 0.6) is 0 Å². The quantitative estimate of drug-likeness (QED) is 0.693. The fraction of sp³-hybridized carbons (Fsp3) is 0.909. The largest absolute Gasteiger partial charge is 0.339 e. The number of amides is 1. The van der Waals surface area contributed by atoms with Gasteiger partial charge in [-0.25, -0.2) is 0 Å². The van der Waals surface area contributed by atoms with Crippen molar-refractivity contribution in [3.05, 3.63) is 0 Å². The van der Waals surface area contributed by atoms with Gasteiger partial charge in [0.2, 0.25) is 5.91 Å². The zero-order valence-corrected chi connectivity index (χ0v) is 9.54. The molecule has 0 aromatic rings. The number of nitrogens with one attached hydrogen (secondary N) is 1. The van der Waals surface area contributed by atoms with Crippen molar-refractivity contribution in [2.75, 3.05) is 39.3 Å². The van der Waals surface area contributed by atoms with Crippen LogP contribution in [0.4, 0.5) is 0 Å². The van der Waals surface area contributed by atoms with Crippen LogP contribution in [0.1, 0.15) is 19.8 Å². The molecule has 1 unspecified atom stereocenters. The van der Waals surface area contributed by atoms with E-state index in [2.05, 4.69) is 17.1 Å². The Balaban J connectivity index is 1.93. The van der Waals surface area contributed by atoms with E-state index in [4.69, 9.17) is 0 Å². The molecule has 0 aromatic heterocycles. The summed E-state index contributed by atoms with van der Waals surface area (Å²) in [6.07, 6.45) is 2.23. The summed E-state index contributed by atoms with van der Waals surface area (Å²) in [6, 6.07) is 0.174. The van der Waals surface area contributed by atoms with Crippen molar-refractivity contribution in [3.8, 4) is 0 Å². The molecule has 1 amide bonds. The second-order valence-electron chi connectivity index (χ2n) is 4.36. The lowest BCUT2D eigenvalue weighted by atomic mass is 10.2. The van der Waals surface area contributed by atoms with Crippen LogP contribution in [0, 0.1) is 0 Å². The normalized spacial score (nSPS) is 28.3. The summed E-state index contributed by atoms with van der Waals surface area (Å²) in [5.74, 6) is 0.357. The van der Waals surface area contributed by atoms with Crippen molar-refractivity contribution in [3.63, 3.8) is 0 Å². The van der Waals surface area contributed by atoms with Gasteiger partial charge in [-0.05, 0) is 25.9 Å². The zero-order valence-electron chi connectivity index (χ0n) is 9.54. The van der Waals surface area contributed by atoms with Crippen LogP contribution in [0.15, 0.2) is 0 Å². The molecule has 1 N–H and O–H groups in total. The predicted molar refractivity (Wildman–Crippen MR) is 59.7 cm³/mol. The molecule has 0 aromatic carbocycles. The molecule has 0 saturated carbocycles. The van der Waals surface area contributed by atoms with Crippen molar-refractivity contribution in [1.82, 2.24) is 15.1 Å². The summed E-state index contributed by atoms with van der Waals surface area (Å²) in [5, 5.41) is 3.28. The highest BCUT2D eigenvalue weighted by Crippen LogP contribution is 2.18. The monoisotopic (exact) mass is 211 g/mol. The Morgan fingerprint density at radius 3 is 2.73 bits per heavy atom. The number of nitrogens with zero attached hydrogens (tertiary/aromatic N) is 2. The van der Waals surface area contributed by atoms with Gasteiger partial charge in [-0.15, -0.1) is 0 Å². The van der Waals surface area contributed by atoms with E-state index in [0.29, 0.717) is 5.91 Å². The molecular weight excluding hydrogens is 190 g/mol. The molecule has 2 rings (SSSR count). The van der Waals surface area contributed by atoms with Crippen molar-refractivity contribution >= 4 is 5.91 Å². The number of hydrogen-bond donors (Lipinski definition) is 1. The lowest BCUT2D eigenvalue weighted by Crippen LogP contribution is -2.52. The number of piperazine rings is 1. The minimum atomic E-state index is 0.174. The molecule has 2 saturated heterocycles. The average Bonchev–Trinajstić information content (AvgIpc) is 2.77. The van der Waals surface area contributed by atoms with E-state index in [1.54, 1.807) is 0 Å². The highest BCUT2D eigenvalue weighted by molar-refractivity contribution is 5.82. The van der Waals surface area contributed by atoms with Crippen LogP contribution in [-0.4, -0.2) is 61.0 Å². The Morgan fingerprint density at radius 2 is 2.07 bits per heavy atom. The summed E-state index contributed by atoms with van der Waals surface area (Å²) in [5.41, 5.74) is 0. The minimum absolute atomic E-state index is 0.174. The third-order valence-electron chi connectivity index (χ3n) is 3.48. The third kappa shape index (κ3) is 2.32. The number of carbonyl (C=O) groups excluding carboxylic acids is 1. The van der Waals surface area contributed by atoms with E-state index in [1.165, 1.54) is 6.42 Å². The fourth-order valence-electron chi connectivity index (χ4n) is 2.58. The van der Waals surface area contributed by atoms with E-state index < -0.39 is 0 Å². The van der Waals surface area contributed by atoms with Gasteiger partial charge in [0.1, 0.15) is 0 Å². The minimum Gasteiger partial charge on any atom is -0.339 e. The van der Waals surface area contributed by atoms with E-state index in [-0.39, 0.29) is 6.04 Å². The van der Waals surface area contributed by atoms with Crippen LogP contribution < -0.4 is 5.32 Å². The van der Waals surface area contributed by atoms with Gasteiger partial charge < -0.3 is 10.2 Å². The molecule has 15 heavy (non-hydrogen) atoms. The molecule has 2 aliphatic rings. The average molecular weight is 211 g/mol. The van der Waals surface area contributed by atoms with E-state index >= 15 is 0 Å².